The molecule has 1 aromatic heterocycles. The lowest BCUT2D eigenvalue weighted by Gasteiger charge is -2.22. The number of hydrogen-bond donors (Lipinski definition) is 0. The third-order valence-corrected chi connectivity index (χ3v) is 4.74. The molecule has 0 unspecified atom stereocenters. The van der Waals surface area contributed by atoms with Gasteiger partial charge < -0.3 is 4.90 Å². The Morgan fingerprint density at radius 3 is 2.78 bits per heavy atom. The average Bonchev–Trinajstić information content (AvgIpc) is 3.33. The Morgan fingerprint density at radius 1 is 1.09 bits per heavy atom. The monoisotopic (exact) mass is 310 g/mol. The highest BCUT2D eigenvalue weighted by atomic mass is 16.2. The summed E-state index contributed by atoms with van der Waals surface area (Å²) in [6, 6.07) is 10.4. The molecule has 2 fully saturated rings. The van der Waals surface area contributed by atoms with Gasteiger partial charge in [0.05, 0.1) is 5.69 Å². The lowest BCUT2D eigenvalue weighted by molar-refractivity contribution is 0.0761. The minimum Gasteiger partial charge on any atom is -0.337 e. The lowest BCUT2D eigenvalue weighted by atomic mass is 10.1. The number of nitrogens with zero attached hydrogens (tertiary/aromatic N) is 4. The summed E-state index contributed by atoms with van der Waals surface area (Å²) in [6.07, 6.45) is 7.37. The minimum atomic E-state index is 0.136. The number of hydrogen-bond acceptors (Lipinski definition) is 3. The molecular weight excluding hydrogens is 288 g/mol. The van der Waals surface area contributed by atoms with Crippen LogP contribution < -0.4 is 0 Å². The summed E-state index contributed by atoms with van der Waals surface area (Å²) in [4.78, 5) is 17.4. The summed E-state index contributed by atoms with van der Waals surface area (Å²) >= 11 is 0. The first-order valence-corrected chi connectivity index (χ1v) is 8.45. The third-order valence-electron chi connectivity index (χ3n) is 4.74. The smallest absolute Gasteiger partial charge is 0.253 e. The minimum absolute atomic E-state index is 0.136. The van der Waals surface area contributed by atoms with E-state index in [-0.39, 0.29) is 5.91 Å². The summed E-state index contributed by atoms with van der Waals surface area (Å²) < 4.78 is 1.79. The molecule has 1 saturated carbocycles. The molecule has 0 bridgehead atoms. The van der Waals surface area contributed by atoms with Gasteiger partial charge in [0.2, 0.25) is 0 Å². The van der Waals surface area contributed by atoms with Crippen molar-refractivity contribution in [1.82, 2.24) is 19.6 Å². The molecule has 2 aromatic rings. The Labute approximate surface area is 136 Å². The average molecular weight is 310 g/mol. The molecule has 0 N–H and O–H groups in total. The molecule has 1 amide bonds. The second-order valence-corrected chi connectivity index (χ2v) is 6.41. The Balaban J connectivity index is 1.49. The van der Waals surface area contributed by atoms with Gasteiger partial charge in [-0.05, 0) is 43.5 Å². The quantitative estimate of drug-likeness (QED) is 0.872. The van der Waals surface area contributed by atoms with Crippen LogP contribution in [0.5, 0.6) is 0 Å². The van der Waals surface area contributed by atoms with Crippen LogP contribution in [0.15, 0.2) is 42.7 Å². The summed E-state index contributed by atoms with van der Waals surface area (Å²) in [5.41, 5.74) is 1.67. The van der Waals surface area contributed by atoms with E-state index in [4.69, 9.17) is 0 Å². The van der Waals surface area contributed by atoms with E-state index in [9.17, 15) is 4.79 Å². The van der Waals surface area contributed by atoms with E-state index < -0.39 is 0 Å². The van der Waals surface area contributed by atoms with Crippen LogP contribution in [0.3, 0.4) is 0 Å². The Morgan fingerprint density at radius 2 is 2.00 bits per heavy atom. The van der Waals surface area contributed by atoms with Crippen molar-refractivity contribution >= 4 is 5.91 Å². The highest BCUT2D eigenvalue weighted by Crippen LogP contribution is 2.27. The molecule has 1 aliphatic heterocycles. The Kier molecular flexibility index (Phi) is 3.87. The Hall–Kier alpha value is -2.14. The SMILES string of the molecule is O=C(c1cccc(-n2cccn2)c1)N1CCCN(C2CC2)CC1. The molecule has 1 aromatic carbocycles. The lowest BCUT2D eigenvalue weighted by Crippen LogP contribution is -2.35. The van der Waals surface area contributed by atoms with Crippen molar-refractivity contribution < 1.29 is 4.79 Å². The molecule has 0 spiro atoms. The number of carbonyl (C=O) groups excluding carboxylic acids is 1. The van der Waals surface area contributed by atoms with E-state index in [2.05, 4.69) is 10.00 Å². The van der Waals surface area contributed by atoms with Crippen LogP contribution in [-0.2, 0) is 0 Å². The molecule has 0 atom stereocenters. The summed E-state index contributed by atoms with van der Waals surface area (Å²) in [6.45, 7) is 3.83. The molecule has 2 aliphatic rings. The standard InChI is InChI=1S/C18H22N4O/c23-18(21-10-3-9-20(12-13-21)16-6-7-16)15-4-1-5-17(14-15)22-11-2-8-19-22/h1-2,4-5,8,11,14,16H,3,6-7,9-10,12-13H2. The van der Waals surface area contributed by atoms with Crippen LogP contribution in [0.4, 0.5) is 0 Å². The van der Waals surface area contributed by atoms with Crippen LogP contribution in [0.2, 0.25) is 0 Å². The van der Waals surface area contributed by atoms with Crippen LogP contribution in [0, 0.1) is 0 Å². The number of carbonyl (C=O) groups is 1. The largest absolute Gasteiger partial charge is 0.337 e. The number of rotatable bonds is 3. The molecule has 1 aliphatic carbocycles. The van der Waals surface area contributed by atoms with Crippen molar-refractivity contribution in [2.24, 2.45) is 0 Å². The van der Waals surface area contributed by atoms with E-state index in [1.165, 1.54) is 12.8 Å². The first-order chi connectivity index (χ1) is 11.3. The van der Waals surface area contributed by atoms with E-state index in [1.54, 1.807) is 10.9 Å². The van der Waals surface area contributed by atoms with Crippen molar-refractivity contribution in [2.45, 2.75) is 25.3 Å². The fourth-order valence-electron chi connectivity index (χ4n) is 3.33. The van der Waals surface area contributed by atoms with Crippen molar-refractivity contribution in [2.75, 3.05) is 26.2 Å². The van der Waals surface area contributed by atoms with Gasteiger partial charge in [-0.1, -0.05) is 6.07 Å². The van der Waals surface area contributed by atoms with E-state index in [0.717, 1.165) is 49.9 Å². The zero-order valence-corrected chi connectivity index (χ0v) is 13.3. The first kappa shape index (κ1) is 14.5. The summed E-state index contributed by atoms with van der Waals surface area (Å²) in [5.74, 6) is 0.136. The highest BCUT2D eigenvalue weighted by Gasteiger charge is 2.30. The zero-order valence-electron chi connectivity index (χ0n) is 13.3. The summed E-state index contributed by atoms with van der Waals surface area (Å²) in [5, 5.41) is 4.24. The number of amides is 1. The summed E-state index contributed by atoms with van der Waals surface area (Å²) in [7, 11) is 0. The van der Waals surface area contributed by atoms with E-state index in [0.29, 0.717) is 0 Å². The Bertz CT molecular complexity index is 678. The molecule has 1 saturated heterocycles. The van der Waals surface area contributed by atoms with Crippen LogP contribution in [0.25, 0.3) is 5.69 Å². The van der Waals surface area contributed by atoms with Gasteiger partial charge in [0.25, 0.3) is 5.91 Å². The normalized spacial score (nSPS) is 19.6. The van der Waals surface area contributed by atoms with Crippen molar-refractivity contribution in [3.63, 3.8) is 0 Å². The first-order valence-electron chi connectivity index (χ1n) is 8.45. The second-order valence-electron chi connectivity index (χ2n) is 6.41. The van der Waals surface area contributed by atoms with Gasteiger partial charge in [0.15, 0.2) is 0 Å². The predicted octanol–water partition coefficient (Wildman–Crippen LogP) is 2.18. The molecule has 0 radical (unpaired) electrons. The maximum absolute atomic E-state index is 12.8. The molecule has 23 heavy (non-hydrogen) atoms. The fourth-order valence-corrected chi connectivity index (χ4v) is 3.33. The van der Waals surface area contributed by atoms with E-state index in [1.807, 2.05) is 41.4 Å². The topological polar surface area (TPSA) is 41.4 Å². The van der Waals surface area contributed by atoms with Crippen LogP contribution in [0.1, 0.15) is 29.6 Å². The number of benzene rings is 1. The highest BCUT2D eigenvalue weighted by molar-refractivity contribution is 5.94. The maximum atomic E-state index is 12.8. The van der Waals surface area contributed by atoms with Crippen molar-refractivity contribution in [3.8, 4) is 5.69 Å². The fraction of sp³-hybridized carbons (Fsp3) is 0.444. The number of aromatic nitrogens is 2. The molecule has 4 rings (SSSR count). The maximum Gasteiger partial charge on any atom is 0.253 e. The van der Waals surface area contributed by atoms with Crippen molar-refractivity contribution in [3.05, 3.63) is 48.3 Å². The van der Waals surface area contributed by atoms with Gasteiger partial charge in [0, 0.05) is 50.2 Å². The van der Waals surface area contributed by atoms with Crippen LogP contribution in [-0.4, -0.2) is 57.7 Å². The zero-order chi connectivity index (χ0) is 15.6. The molecule has 5 heteroatoms. The van der Waals surface area contributed by atoms with Crippen LogP contribution >= 0.6 is 0 Å². The van der Waals surface area contributed by atoms with Gasteiger partial charge in [-0.15, -0.1) is 0 Å². The van der Waals surface area contributed by atoms with Crippen molar-refractivity contribution in [1.29, 1.82) is 0 Å². The van der Waals surface area contributed by atoms with Gasteiger partial charge in [-0.2, -0.15) is 5.10 Å². The molecule has 5 nitrogen and oxygen atoms in total. The third kappa shape index (κ3) is 3.15. The predicted molar refractivity (Wildman–Crippen MR) is 88.7 cm³/mol. The van der Waals surface area contributed by atoms with Gasteiger partial charge in [-0.25, -0.2) is 4.68 Å². The van der Waals surface area contributed by atoms with E-state index >= 15 is 0 Å². The van der Waals surface area contributed by atoms with Gasteiger partial charge >= 0.3 is 0 Å². The second kappa shape index (κ2) is 6.16. The molecular formula is C18H22N4O. The molecule has 120 valence electrons. The van der Waals surface area contributed by atoms with Gasteiger partial charge in [0.1, 0.15) is 0 Å². The van der Waals surface area contributed by atoms with Gasteiger partial charge in [-0.3, -0.25) is 9.69 Å². The molecule has 2 heterocycles.